The maximum atomic E-state index is 12.3. The second kappa shape index (κ2) is 5.93. The summed E-state index contributed by atoms with van der Waals surface area (Å²) in [4.78, 5) is 24.5. The number of carbonyl (C=O) groups is 2. The molecule has 3 aromatic carbocycles. The highest BCUT2D eigenvalue weighted by atomic mass is 79.9. The van der Waals surface area contributed by atoms with Gasteiger partial charge in [0.1, 0.15) is 5.75 Å². The molecule has 0 fully saturated rings. The second-order valence-corrected chi connectivity index (χ2v) is 7.60. The molecule has 0 amide bonds. The minimum Gasteiger partial charge on any atom is -0.507 e. The normalized spacial score (nSPS) is 13.8. The van der Waals surface area contributed by atoms with Gasteiger partial charge in [-0.3, -0.25) is 9.59 Å². The largest absolute Gasteiger partial charge is 0.507 e. The Hall–Kier alpha value is -2.24. The zero-order valence-corrected chi connectivity index (χ0v) is 15.9. The molecule has 3 aromatic rings. The fourth-order valence-corrected chi connectivity index (χ4v) is 3.87. The summed E-state index contributed by atoms with van der Waals surface area (Å²) in [6.07, 6.45) is 1.31. The van der Waals surface area contributed by atoms with E-state index >= 15 is 0 Å². The van der Waals surface area contributed by atoms with Crippen molar-refractivity contribution in [3.8, 4) is 5.75 Å². The van der Waals surface area contributed by atoms with Gasteiger partial charge < -0.3 is 5.11 Å². The first-order valence-electron chi connectivity index (χ1n) is 7.47. The second-order valence-electron chi connectivity index (χ2n) is 5.77. The first-order chi connectivity index (χ1) is 12.0. The average Bonchev–Trinajstić information content (AvgIpc) is 2.59. The Kier molecular flexibility index (Phi) is 3.85. The van der Waals surface area contributed by atoms with E-state index in [1.54, 1.807) is 18.2 Å². The number of carbonyl (C=O) groups excluding carboxylic acids is 2. The Morgan fingerprint density at radius 1 is 0.800 bits per heavy atom. The van der Waals surface area contributed by atoms with E-state index in [2.05, 4.69) is 31.9 Å². The lowest BCUT2D eigenvalue weighted by Gasteiger charge is -2.19. The number of allylic oxidation sites excluding steroid dienone is 1. The summed E-state index contributed by atoms with van der Waals surface area (Å²) in [6, 6.07) is 14.4. The Bertz CT molecular complexity index is 1110. The minimum atomic E-state index is -0.589. The van der Waals surface area contributed by atoms with Gasteiger partial charge in [0, 0.05) is 20.1 Å². The van der Waals surface area contributed by atoms with E-state index in [4.69, 9.17) is 0 Å². The molecule has 1 aliphatic rings. The number of fused-ring (bicyclic) bond motifs is 2. The molecule has 3 nitrogen and oxygen atoms in total. The molecule has 0 unspecified atom stereocenters. The lowest BCUT2D eigenvalue weighted by atomic mass is 9.83. The summed E-state index contributed by atoms with van der Waals surface area (Å²) in [7, 11) is 0. The van der Waals surface area contributed by atoms with Crippen LogP contribution in [-0.2, 0) is 4.79 Å². The van der Waals surface area contributed by atoms with Gasteiger partial charge in [-0.05, 0) is 58.3 Å². The van der Waals surface area contributed by atoms with Crippen LogP contribution in [0.3, 0.4) is 0 Å². The molecule has 0 saturated heterocycles. The number of benzene rings is 3. The topological polar surface area (TPSA) is 54.4 Å². The van der Waals surface area contributed by atoms with Gasteiger partial charge in [0.25, 0.3) is 0 Å². The number of halogens is 2. The van der Waals surface area contributed by atoms with E-state index in [1.807, 2.05) is 30.3 Å². The van der Waals surface area contributed by atoms with Crippen molar-refractivity contribution in [2.45, 2.75) is 0 Å². The molecule has 122 valence electrons. The van der Waals surface area contributed by atoms with Crippen LogP contribution in [0.5, 0.6) is 5.75 Å². The fourth-order valence-electron chi connectivity index (χ4n) is 3.13. The highest BCUT2D eigenvalue weighted by Gasteiger charge is 2.28. The summed E-state index contributed by atoms with van der Waals surface area (Å²) in [6.45, 7) is 0. The summed E-state index contributed by atoms with van der Waals surface area (Å²) in [5.74, 6) is -1.06. The molecule has 0 aliphatic heterocycles. The quantitative estimate of drug-likeness (QED) is 0.506. The first-order valence-corrected chi connectivity index (χ1v) is 9.06. The van der Waals surface area contributed by atoms with Gasteiger partial charge in [-0.15, -0.1) is 0 Å². The maximum Gasteiger partial charge on any atom is 0.233 e. The van der Waals surface area contributed by atoms with Crippen molar-refractivity contribution in [1.82, 2.24) is 0 Å². The van der Waals surface area contributed by atoms with Crippen LogP contribution in [0.25, 0.3) is 16.3 Å². The van der Waals surface area contributed by atoms with Crippen LogP contribution in [-0.4, -0.2) is 16.7 Å². The van der Waals surface area contributed by atoms with Crippen molar-refractivity contribution >= 4 is 59.8 Å². The molecule has 0 saturated carbocycles. The van der Waals surface area contributed by atoms with Crippen LogP contribution >= 0.6 is 31.9 Å². The number of phenolic OH excluding ortho intramolecular Hbond substituents is 1. The Labute approximate surface area is 160 Å². The Morgan fingerprint density at radius 3 is 2.32 bits per heavy atom. The molecule has 1 aliphatic carbocycles. The minimum absolute atomic E-state index is 0.0668. The summed E-state index contributed by atoms with van der Waals surface area (Å²) < 4.78 is 1.64. The van der Waals surface area contributed by atoms with Crippen LogP contribution in [0.2, 0.25) is 0 Å². The van der Waals surface area contributed by atoms with Crippen LogP contribution in [0.15, 0.2) is 63.6 Å². The number of aromatic hydroxyl groups is 1. The number of hydrogen-bond acceptors (Lipinski definition) is 3. The van der Waals surface area contributed by atoms with Gasteiger partial charge in [0.05, 0.1) is 0 Å². The number of rotatable bonds is 1. The number of hydrogen-bond donors (Lipinski definition) is 1. The van der Waals surface area contributed by atoms with Gasteiger partial charge in [-0.25, -0.2) is 0 Å². The van der Waals surface area contributed by atoms with Crippen molar-refractivity contribution in [3.05, 3.63) is 80.2 Å². The van der Waals surface area contributed by atoms with E-state index in [0.29, 0.717) is 22.3 Å². The monoisotopic (exact) mass is 456 g/mol. The van der Waals surface area contributed by atoms with Crippen molar-refractivity contribution < 1.29 is 14.7 Å². The number of phenols is 1. The lowest BCUT2D eigenvalue weighted by molar-refractivity contribution is -0.111. The molecule has 5 heteroatoms. The van der Waals surface area contributed by atoms with Crippen molar-refractivity contribution in [2.24, 2.45) is 0 Å². The molecule has 1 N–H and O–H groups in total. The SMILES string of the molecule is O=C1C=C(c2c(O)ccc3cc(Br)ccc23)c2ccc(Br)cc2C1=O. The standard InChI is InChI=1S/C20H10Br2O3/c21-11-2-4-13-10(7-11)1-6-17(23)19(13)15-9-18(24)20(25)16-8-12(22)3-5-14(15)16/h1-9,23H. The summed E-state index contributed by atoms with van der Waals surface area (Å²) in [5, 5.41) is 12.2. The number of ketones is 2. The zero-order chi connectivity index (χ0) is 17.7. The Morgan fingerprint density at radius 2 is 1.52 bits per heavy atom. The van der Waals surface area contributed by atoms with E-state index in [9.17, 15) is 14.7 Å². The molecule has 4 rings (SSSR count). The van der Waals surface area contributed by atoms with Crippen LogP contribution in [0, 0.1) is 0 Å². The fraction of sp³-hybridized carbons (Fsp3) is 0. The molecule has 0 radical (unpaired) electrons. The molecular formula is C20H10Br2O3. The van der Waals surface area contributed by atoms with Crippen LogP contribution in [0.4, 0.5) is 0 Å². The van der Waals surface area contributed by atoms with Gasteiger partial charge >= 0.3 is 0 Å². The predicted molar refractivity (Wildman–Crippen MR) is 104 cm³/mol. The van der Waals surface area contributed by atoms with Gasteiger partial charge in [0.15, 0.2) is 0 Å². The highest BCUT2D eigenvalue weighted by molar-refractivity contribution is 9.10. The summed E-state index contributed by atoms with van der Waals surface area (Å²) in [5.41, 5.74) is 2.08. The zero-order valence-electron chi connectivity index (χ0n) is 12.7. The predicted octanol–water partition coefficient (Wildman–Crippen LogP) is 5.27. The van der Waals surface area contributed by atoms with E-state index in [1.165, 1.54) is 6.08 Å². The molecule has 0 aromatic heterocycles. The average molecular weight is 458 g/mol. The third-order valence-electron chi connectivity index (χ3n) is 4.24. The molecule has 0 atom stereocenters. The molecule has 0 spiro atoms. The highest BCUT2D eigenvalue weighted by Crippen LogP contribution is 2.40. The third-order valence-corrected chi connectivity index (χ3v) is 5.23. The van der Waals surface area contributed by atoms with Crippen molar-refractivity contribution in [3.63, 3.8) is 0 Å². The van der Waals surface area contributed by atoms with E-state index in [-0.39, 0.29) is 5.75 Å². The molecule has 0 bridgehead atoms. The lowest BCUT2D eigenvalue weighted by Crippen LogP contribution is -2.19. The van der Waals surface area contributed by atoms with Crippen LogP contribution in [0.1, 0.15) is 21.5 Å². The van der Waals surface area contributed by atoms with Crippen LogP contribution < -0.4 is 0 Å². The van der Waals surface area contributed by atoms with Gasteiger partial charge in [-0.2, -0.15) is 0 Å². The van der Waals surface area contributed by atoms with E-state index < -0.39 is 11.6 Å². The maximum absolute atomic E-state index is 12.3. The van der Waals surface area contributed by atoms with E-state index in [0.717, 1.165) is 19.7 Å². The summed E-state index contributed by atoms with van der Waals surface area (Å²) >= 11 is 6.78. The van der Waals surface area contributed by atoms with Gasteiger partial charge in [-0.1, -0.05) is 50.1 Å². The molecule has 25 heavy (non-hydrogen) atoms. The smallest absolute Gasteiger partial charge is 0.233 e. The molecular weight excluding hydrogens is 448 g/mol. The Balaban J connectivity index is 2.07. The van der Waals surface area contributed by atoms with Gasteiger partial charge in [0.2, 0.25) is 11.6 Å². The first kappa shape index (κ1) is 16.2. The molecule has 0 heterocycles. The van der Waals surface area contributed by atoms with Crippen molar-refractivity contribution in [1.29, 1.82) is 0 Å². The third kappa shape index (κ3) is 2.64. The van der Waals surface area contributed by atoms with Crippen molar-refractivity contribution in [2.75, 3.05) is 0 Å². The number of Topliss-reactive ketones (excluding diaryl/α,β-unsaturated/α-hetero) is 1.